The van der Waals surface area contributed by atoms with Gasteiger partial charge < -0.3 is 9.94 Å². The molecule has 1 rings (SSSR count). The van der Waals surface area contributed by atoms with Crippen LogP contribution < -0.4 is 4.74 Å². The average molecular weight is 232 g/mol. The zero-order valence-electron chi connectivity index (χ0n) is 10.3. The molecule has 0 aromatic heterocycles. The van der Waals surface area contributed by atoms with Gasteiger partial charge in [0.05, 0.1) is 5.71 Å². The average Bonchev–Trinajstić information content (AvgIpc) is 2.35. The summed E-state index contributed by atoms with van der Waals surface area (Å²) in [5.41, 5.74) is 2.20. The first-order chi connectivity index (χ1) is 8.12. The summed E-state index contributed by atoms with van der Waals surface area (Å²) in [5.74, 6) is 0.578. The van der Waals surface area contributed by atoms with Crippen LogP contribution in [0.2, 0.25) is 0 Å². The molecule has 0 aliphatic rings. The highest BCUT2D eigenvalue weighted by molar-refractivity contribution is 6.00. The van der Waals surface area contributed by atoms with Crippen LogP contribution in [0.15, 0.2) is 23.4 Å². The number of benzene rings is 1. The van der Waals surface area contributed by atoms with Crippen LogP contribution in [0.3, 0.4) is 0 Å². The molecule has 0 amide bonds. The molecule has 0 aliphatic carbocycles. The third-order valence-corrected chi connectivity index (χ3v) is 2.46. The van der Waals surface area contributed by atoms with Gasteiger partial charge in [-0.3, -0.25) is 0 Å². The van der Waals surface area contributed by atoms with E-state index in [1.54, 1.807) is 6.92 Å². The Hall–Kier alpha value is -2.02. The SMILES string of the molecule is CCC(C#N)Oc1cc(C)ccc1/C(C)=N/O. The Bertz CT molecular complexity index is 461. The van der Waals surface area contributed by atoms with Crippen molar-refractivity contribution >= 4 is 5.71 Å². The van der Waals surface area contributed by atoms with E-state index in [-0.39, 0.29) is 0 Å². The summed E-state index contributed by atoms with van der Waals surface area (Å²) in [4.78, 5) is 0. The van der Waals surface area contributed by atoms with Crippen LogP contribution in [0.4, 0.5) is 0 Å². The number of hydrogen-bond donors (Lipinski definition) is 1. The Balaban J connectivity index is 3.12. The Kier molecular flexibility index (Phi) is 4.53. The minimum absolute atomic E-state index is 0.466. The molecule has 0 spiro atoms. The van der Waals surface area contributed by atoms with Gasteiger partial charge in [-0.2, -0.15) is 5.26 Å². The fourth-order valence-electron chi connectivity index (χ4n) is 1.43. The number of aryl methyl sites for hydroxylation is 1. The summed E-state index contributed by atoms with van der Waals surface area (Å²) in [7, 11) is 0. The van der Waals surface area contributed by atoms with Crippen molar-refractivity contribution in [3.8, 4) is 11.8 Å². The standard InChI is InChI=1S/C13H16N2O2/c1-4-11(8-14)17-13-7-9(2)5-6-12(13)10(3)15-16/h5-7,11,16H,4H2,1-3H3/b15-10+. The van der Waals surface area contributed by atoms with Crippen LogP contribution in [-0.2, 0) is 0 Å². The Labute approximate surface area is 101 Å². The third kappa shape index (κ3) is 3.22. The van der Waals surface area contributed by atoms with E-state index in [0.29, 0.717) is 23.4 Å². The second kappa shape index (κ2) is 5.90. The maximum atomic E-state index is 8.89. The molecular weight excluding hydrogens is 216 g/mol. The fourth-order valence-corrected chi connectivity index (χ4v) is 1.43. The summed E-state index contributed by atoms with van der Waals surface area (Å²) in [6, 6.07) is 7.65. The van der Waals surface area contributed by atoms with Crippen LogP contribution in [-0.4, -0.2) is 17.0 Å². The smallest absolute Gasteiger partial charge is 0.184 e. The van der Waals surface area contributed by atoms with Crippen molar-refractivity contribution < 1.29 is 9.94 Å². The van der Waals surface area contributed by atoms with Gasteiger partial charge in [0.15, 0.2) is 6.10 Å². The van der Waals surface area contributed by atoms with Gasteiger partial charge in [-0.15, -0.1) is 0 Å². The maximum absolute atomic E-state index is 8.89. The monoisotopic (exact) mass is 232 g/mol. The quantitative estimate of drug-likeness (QED) is 0.493. The fraction of sp³-hybridized carbons (Fsp3) is 0.385. The van der Waals surface area contributed by atoms with E-state index < -0.39 is 6.10 Å². The van der Waals surface area contributed by atoms with Crippen LogP contribution >= 0.6 is 0 Å². The van der Waals surface area contributed by atoms with Crippen LogP contribution in [0, 0.1) is 18.3 Å². The molecule has 0 aliphatic heterocycles. The Morgan fingerprint density at radius 1 is 1.59 bits per heavy atom. The predicted molar refractivity (Wildman–Crippen MR) is 65.5 cm³/mol. The van der Waals surface area contributed by atoms with Crippen LogP contribution in [0.25, 0.3) is 0 Å². The van der Waals surface area contributed by atoms with Crippen molar-refractivity contribution in [2.24, 2.45) is 5.16 Å². The van der Waals surface area contributed by atoms with Crippen molar-refractivity contribution in [3.63, 3.8) is 0 Å². The van der Waals surface area contributed by atoms with Crippen molar-refractivity contribution in [2.75, 3.05) is 0 Å². The van der Waals surface area contributed by atoms with E-state index in [0.717, 1.165) is 5.56 Å². The summed E-state index contributed by atoms with van der Waals surface area (Å²) < 4.78 is 5.59. The van der Waals surface area contributed by atoms with Crippen molar-refractivity contribution in [1.29, 1.82) is 5.26 Å². The highest BCUT2D eigenvalue weighted by Crippen LogP contribution is 2.23. The lowest BCUT2D eigenvalue weighted by molar-refractivity contribution is 0.251. The van der Waals surface area contributed by atoms with E-state index in [1.807, 2.05) is 32.0 Å². The number of nitrogens with zero attached hydrogens (tertiary/aromatic N) is 2. The first kappa shape index (κ1) is 13.0. The maximum Gasteiger partial charge on any atom is 0.184 e. The predicted octanol–water partition coefficient (Wildman–Crippen LogP) is 2.87. The summed E-state index contributed by atoms with van der Waals surface area (Å²) in [6.07, 6.45) is 0.126. The molecule has 0 fully saturated rings. The number of ether oxygens (including phenoxy) is 1. The molecule has 1 atom stereocenters. The molecule has 4 nitrogen and oxygen atoms in total. The van der Waals surface area contributed by atoms with Gasteiger partial charge in [-0.1, -0.05) is 18.1 Å². The number of oxime groups is 1. The van der Waals surface area contributed by atoms with Gasteiger partial charge in [0.1, 0.15) is 11.8 Å². The van der Waals surface area contributed by atoms with E-state index in [9.17, 15) is 0 Å². The molecule has 0 heterocycles. The van der Waals surface area contributed by atoms with Gasteiger partial charge in [-0.05, 0) is 38.0 Å². The highest BCUT2D eigenvalue weighted by Gasteiger charge is 2.12. The minimum Gasteiger partial charge on any atom is -0.475 e. The molecule has 1 unspecified atom stereocenters. The molecule has 1 aromatic carbocycles. The molecular formula is C13H16N2O2. The third-order valence-electron chi connectivity index (χ3n) is 2.46. The minimum atomic E-state index is -0.484. The van der Waals surface area contributed by atoms with E-state index in [4.69, 9.17) is 15.2 Å². The summed E-state index contributed by atoms with van der Waals surface area (Å²) in [5, 5.41) is 20.8. The lowest BCUT2D eigenvalue weighted by Gasteiger charge is -2.14. The normalized spacial score (nSPS) is 12.9. The zero-order valence-corrected chi connectivity index (χ0v) is 10.3. The van der Waals surface area contributed by atoms with Crippen LogP contribution in [0.1, 0.15) is 31.4 Å². The Morgan fingerprint density at radius 2 is 2.29 bits per heavy atom. The molecule has 1 N–H and O–H groups in total. The molecule has 4 heteroatoms. The molecule has 0 saturated heterocycles. The van der Waals surface area contributed by atoms with Crippen molar-refractivity contribution in [2.45, 2.75) is 33.3 Å². The second-order valence-corrected chi connectivity index (χ2v) is 3.83. The first-order valence-corrected chi connectivity index (χ1v) is 5.48. The van der Waals surface area contributed by atoms with Crippen LogP contribution in [0.5, 0.6) is 5.75 Å². The molecule has 0 bridgehead atoms. The largest absolute Gasteiger partial charge is 0.475 e. The van der Waals surface area contributed by atoms with Gasteiger partial charge in [0.2, 0.25) is 0 Å². The molecule has 0 radical (unpaired) electrons. The lowest BCUT2D eigenvalue weighted by atomic mass is 10.1. The Morgan fingerprint density at radius 3 is 2.82 bits per heavy atom. The van der Waals surface area contributed by atoms with E-state index in [1.165, 1.54) is 0 Å². The lowest BCUT2D eigenvalue weighted by Crippen LogP contribution is -2.14. The zero-order chi connectivity index (χ0) is 12.8. The van der Waals surface area contributed by atoms with Gasteiger partial charge >= 0.3 is 0 Å². The van der Waals surface area contributed by atoms with Crippen molar-refractivity contribution in [1.82, 2.24) is 0 Å². The molecule has 90 valence electrons. The molecule has 1 aromatic rings. The topological polar surface area (TPSA) is 65.6 Å². The summed E-state index contributed by atoms with van der Waals surface area (Å²) in [6.45, 7) is 5.51. The van der Waals surface area contributed by atoms with E-state index >= 15 is 0 Å². The number of rotatable bonds is 4. The van der Waals surface area contributed by atoms with Gasteiger partial charge in [-0.25, -0.2) is 0 Å². The number of hydrogen-bond acceptors (Lipinski definition) is 4. The van der Waals surface area contributed by atoms with Crippen molar-refractivity contribution in [3.05, 3.63) is 29.3 Å². The number of nitriles is 1. The van der Waals surface area contributed by atoms with E-state index in [2.05, 4.69) is 11.2 Å². The second-order valence-electron chi connectivity index (χ2n) is 3.83. The van der Waals surface area contributed by atoms with Gasteiger partial charge in [0, 0.05) is 5.56 Å². The van der Waals surface area contributed by atoms with Gasteiger partial charge in [0.25, 0.3) is 0 Å². The highest BCUT2D eigenvalue weighted by atomic mass is 16.5. The molecule has 0 saturated carbocycles. The first-order valence-electron chi connectivity index (χ1n) is 5.48. The summed E-state index contributed by atoms with van der Waals surface area (Å²) >= 11 is 0. The molecule has 17 heavy (non-hydrogen) atoms.